The molecule has 1 aromatic heterocycles. The number of nitrogens with two attached hydrogens (primary N) is 1. The summed E-state index contributed by atoms with van der Waals surface area (Å²) in [5.74, 6) is 7.36. The molecule has 108 valence electrons. The minimum Gasteiger partial charge on any atom is -0.496 e. The maximum atomic E-state index is 5.68. The summed E-state index contributed by atoms with van der Waals surface area (Å²) >= 11 is 5.13. The van der Waals surface area contributed by atoms with Gasteiger partial charge in [-0.3, -0.25) is 11.3 Å². The standard InChI is InChI=1S/C14H17BrN2O2S/c1-18-10-7-14(20-8-10)12(17-16)6-9-3-4-13(19-2)11(15)5-9/h3-5,7-8,12,17H,6,16H2,1-2H3. The Morgan fingerprint density at radius 3 is 2.65 bits per heavy atom. The van der Waals surface area contributed by atoms with Crippen LogP contribution in [-0.4, -0.2) is 14.2 Å². The maximum Gasteiger partial charge on any atom is 0.133 e. The van der Waals surface area contributed by atoms with Gasteiger partial charge in [0.25, 0.3) is 0 Å². The normalized spacial score (nSPS) is 12.2. The first-order valence-corrected chi connectivity index (χ1v) is 7.76. The monoisotopic (exact) mass is 356 g/mol. The van der Waals surface area contributed by atoms with Crippen molar-refractivity contribution < 1.29 is 9.47 Å². The second kappa shape index (κ2) is 7.08. The highest BCUT2D eigenvalue weighted by atomic mass is 79.9. The number of hydrazine groups is 1. The first kappa shape index (κ1) is 15.3. The van der Waals surface area contributed by atoms with Gasteiger partial charge >= 0.3 is 0 Å². The van der Waals surface area contributed by atoms with Crippen molar-refractivity contribution in [2.75, 3.05) is 14.2 Å². The highest BCUT2D eigenvalue weighted by Gasteiger charge is 2.14. The number of benzene rings is 1. The van der Waals surface area contributed by atoms with Crippen molar-refractivity contribution in [2.45, 2.75) is 12.5 Å². The number of hydrogen-bond donors (Lipinski definition) is 2. The molecule has 4 nitrogen and oxygen atoms in total. The summed E-state index contributed by atoms with van der Waals surface area (Å²) in [5.41, 5.74) is 4.03. The number of halogens is 1. The third kappa shape index (κ3) is 3.52. The van der Waals surface area contributed by atoms with Crippen molar-refractivity contribution in [2.24, 2.45) is 5.84 Å². The van der Waals surface area contributed by atoms with Crippen molar-refractivity contribution in [1.82, 2.24) is 5.43 Å². The Hall–Kier alpha value is -1.08. The molecule has 0 aliphatic carbocycles. The Kier molecular flexibility index (Phi) is 5.42. The fourth-order valence-electron chi connectivity index (χ4n) is 1.94. The second-order valence-corrected chi connectivity index (χ2v) is 6.08. The van der Waals surface area contributed by atoms with Crippen molar-refractivity contribution in [3.63, 3.8) is 0 Å². The number of hydrogen-bond acceptors (Lipinski definition) is 5. The van der Waals surface area contributed by atoms with E-state index in [4.69, 9.17) is 15.3 Å². The molecular formula is C14H17BrN2O2S. The van der Waals surface area contributed by atoms with Crippen LogP contribution >= 0.6 is 27.3 Å². The van der Waals surface area contributed by atoms with E-state index in [0.29, 0.717) is 0 Å². The van der Waals surface area contributed by atoms with Gasteiger partial charge < -0.3 is 9.47 Å². The zero-order valence-corrected chi connectivity index (χ0v) is 13.8. The molecule has 0 fully saturated rings. The largest absolute Gasteiger partial charge is 0.496 e. The molecule has 3 N–H and O–H groups in total. The third-order valence-electron chi connectivity index (χ3n) is 3.03. The molecule has 0 amide bonds. The highest BCUT2D eigenvalue weighted by Crippen LogP contribution is 2.31. The molecule has 0 saturated carbocycles. The summed E-state index contributed by atoms with van der Waals surface area (Å²) in [7, 11) is 3.32. The van der Waals surface area contributed by atoms with Crippen LogP contribution in [0.25, 0.3) is 0 Å². The highest BCUT2D eigenvalue weighted by molar-refractivity contribution is 9.10. The number of ether oxygens (including phenoxy) is 2. The van der Waals surface area contributed by atoms with E-state index in [2.05, 4.69) is 21.4 Å². The van der Waals surface area contributed by atoms with E-state index >= 15 is 0 Å². The Morgan fingerprint density at radius 2 is 2.10 bits per heavy atom. The molecule has 1 heterocycles. The number of thiophene rings is 1. The van der Waals surface area contributed by atoms with Gasteiger partial charge in [-0.2, -0.15) is 0 Å². The summed E-state index contributed by atoms with van der Waals surface area (Å²) in [5, 5.41) is 1.98. The zero-order chi connectivity index (χ0) is 14.5. The van der Waals surface area contributed by atoms with Crippen LogP contribution in [0.1, 0.15) is 16.5 Å². The Balaban J connectivity index is 2.15. The lowest BCUT2D eigenvalue weighted by Crippen LogP contribution is -2.28. The van der Waals surface area contributed by atoms with E-state index in [9.17, 15) is 0 Å². The summed E-state index contributed by atoms with van der Waals surface area (Å²) in [4.78, 5) is 1.15. The van der Waals surface area contributed by atoms with Crippen LogP contribution < -0.4 is 20.7 Å². The van der Waals surface area contributed by atoms with Gasteiger partial charge in [0, 0.05) is 10.3 Å². The van der Waals surface area contributed by atoms with E-state index in [0.717, 1.165) is 27.3 Å². The van der Waals surface area contributed by atoms with Gasteiger partial charge in [-0.15, -0.1) is 11.3 Å². The minimum absolute atomic E-state index is 0.0594. The van der Waals surface area contributed by atoms with Crippen LogP contribution in [0.2, 0.25) is 0 Å². The van der Waals surface area contributed by atoms with E-state index in [1.807, 2.05) is 29.6 Å². The lowest BCUT2D eigenvalue weighted by atomic mass is 10.1. The van der Waals surface area contributed by atoms with E-state index in [-0.39, 0.29) is 6.04 Å². The van der Waals surface area contributed by atoms with E-state index in [1.165, 1.54) is 5.56 Å². The number of methoxy groups -OCH3 is 2. The van der Waals surface area contributed by atoms with Gasteiger partial charge in [0.2, 0.25) is 0 Å². The molecule has 1 unspecified atom stereocenters. The summed E-state index contributed by atoms with van der Waals surface area (Å²) in [6, 6.07) is 8.10. The van der Waals surface area contributed by atoms with E-state index in [1.54, 1.807) is 25.6 Å². The topological polar surface area (TPSA) is 56.5 Å². The molecule has 0 aliphatic heterocycles. The summed E-state index contributed by atoms with van der Waals surface area (Å²) in [6.07, 6.45) is 0.794. The first-order valence-electron chi connectivity index (χ1n) is 6.09. The van der Waals surface area contributed by atoms with Crippen LogP contribution in [-0.2, 0) is 6.42 Å². The molecule has 20 heavy (non-hydrogen) atoms. The van der Waals surface area contributed by atoms with Crippen LogP contribution in [0.15, 0.2) is 34.1 Å². The Morgan fingerprint density at radius 1 is 1.30 bits per heavy atom. The van der Waals surface area contributed by atoms with Crippen molar-refractivity contribution in [1.29, 1.82) is 0 Å². The van der Waals surface area contributed by atoms with Crippen molar-refractivity contribution in [3.8, 4) is 11.5 Å². The fraction of sp³-hybridized carbons (Fsp3) is 0.286. The molecule has 0 spiro atoms. The lowest BCUT2D eigenvalue weighted by molar-refractivity contribution is 0.412. The zero-order valence-electron chi connectivity index (χ0n) is 11.4. The molecule has 0 saturated heterocycles. The fourth-order valence-corrected chi connectivity index (χ4v) is 3.44. The van der Waals surface area contributed by atoms with Gasteiger partial charge in [0.15, 0.2) is 0 Å². The molecule has 0 bridgehead atoms. The molecule has 2 rings (SSSR count). The molecule has 6 heteroatoms. The molecular weight excluding hydrogens is 340 g/mol. The van der Waals surface area contributed by atoms with Gasteiger partial charge in [-0.25, -0.2) is 0 Å². The van der Waals surface area contributed by atoms with Gasteiger partial charge in [0.05, 0.1) is 24.7 Å². The second-order valence-electron chi connectivity index (χ2n) is 4.28. The smallest absolute Gasteiger partial charge is 0.133 e. The van der Waals surface area contributed by atoms with Crippen LogP contribution in [0, 0.1) is 0 Å². The molecule has 1 aromatic carbocycles. The van der Waals surface area contributed by atoms with Gasteiger partial charge in [0.1, 0.15) is 11.5 Å². The summed E-state index contributed by atoms with van der Waals surface area (Å²) < 4.78 is 11.4. The maximum absolute atomic E-state index is 5.68. The van der Waals surface area contributed by atoms with Crippen LogP contribution in [0.5, 0.6) is 11.5 Å². The average molecular weight is 357 g/mol. The molecule has 0 aliphatic rings. The Bertz CT molecular complexity index is 574. The quantitative estimate of drug-likeness (QED) is 0.615. The SMILES string of the molecule is COc1csc(C(Cc2ccc(OC)c(Br)c2)NN)c1. The predicted molar refractivity (Wildman–Crippen MR) is 85.3 cm³/mol. The van der Waals surface area contributed by atoms with Crippen molar-refractivity contribution >= 4 is 27.3 Å². The Labute approximate surface area is 131 Å². The molecule has 2 aromatic rings. The van der Waals surface area contributed by atoms with E-state index < -0.39 is 0 Å². The molecule has 1 atom stereocenters. The third-order valence-corrected chi connectivity index (χ3v) is 4.68. The number of nitrogens with one attached hydrogen (secondary N) is 1. The predicted octanol–water partition coefficient (Wildman–Crippen LogP) is 3.27. The average Bonchev–Trinajstić information content (AvgIpc) is 2.93. The lowest BCUT2D eigenvalue weighted by Gasteiger charge is -2.15. The first-order chi connectivity index (χ1) is 9.67. The minimum atomic E-state index is 0.0594. The van der Waals surface area contributed by atoms with Crippen LogP contribution in [0.3, 0.4) is 0 Å². The molecule has 0 radical (unpaired) electrons. The van der Waals surface area contributed by atoms with Gasteiger partial charge in [-0.1, -0.05) is 6.07 Å². The van der Waals surface area contributed by atoms with Gasteiger partial charge in [-0.05, 0) is 46.1 Å². The number of rotatable bonds is 6. The summed E-state index contributed by atoms with van der Waals surface area (Å²) in [6.45, 7) is 0. The van der Waals surface area contributed by atoms with Crippen LogP contribution in [0.4, 0.5) is 0 Å². The van der Waals surface area contributed by atoms with Crippen molar-refractivity contribution in [3.05, 3.63) is 44.6 Å².